The summed E-state index contributed by atoms with van der Waals surface area (Å²) >= 11 is 6.22. The Balaban J connectivity index is 1.67. The van der Waals surface area contributed by atoms with Crippen molar-refractivity contribution in [3.63, 3.8) is 0 Å². The van der Waals surface area contributed by atoms with Crippen LogP contribution in [-0.2, 0) is 11.3 Å². The molecule has 6 nitrogen and oxygen atoms in total. The average molecular weight is 426 g/mol. The van der Waals surface area contributed by atoms with Crippen molar-refractivity contribution in [2.24, 2.45) is 0 Å². The van der Waals surface area contributed by atoms with E-state index < -0.39 is 5.97 Å². The lowest BCUT2D eigenvalue weighted by Crippen LogP contribution is -2.40. The number of morpholine rings is 1. The maximum absolute atomic E-state index is 12.3. The molecule has 1 aliphatic heterocycles. The highest BCUT2D eigenvalue weighted by atomic mass is 35.5. The van der Waals surface area contributed by atoms with Crippen molar-refractivity contribution in [2.75, 3.05) is 39.4 Å². The number of aromatic carboxylic acids is 1. The van der Waals surface area contributed by atoms with E-state index in [1.165, 1.54) is 0 Å². The summed E-state index contributed by atoms with van der Waals surface area (Å²) in [6.45, 7) is 5.39. The van der Waals surface area contributed by atoms with Gasteiger partial charge < -0.3 is 15.2 Å². The van der Waals surface area contributed by atoms with E-state index in [0.717, 1.165) is 55.9 Å². The number of carboxylic acids is 1. The van der Waals surface area contributed by atoms with Crippen LogP contribution in [-0.4, -0.2) is 60.4 Å². The molecule has 156 valence electrons. The molecular formula is C23H24ClN3O3. The summed E-state index contributed by atoms with van der Waals surface area (Å²) in [4.78, 5) is 19.3. The molecule has 0 amide bonds. The number of rotatable bonds is 7. The van der Waals surface area contributed by atoms with E-state index in [4.69, 9.17) is 16.3 Å². The number of pyridine rings is 1. The number of carbonyl (C=O) groups is 1. The number of hydrogen-bond acceptors (Lipinski definition) is 5. The van der Waals surface area contributed by atoms with Gasteiger partial charge in [-0.25, -0.2) is 4.79 Å². The number of nitrogens with zero attached hydrogens (tertiary/aromatic N) is 2. The number of nitrogens with one attached hydrogen (secondary N) is 1. The van der Waals surface area contributed by atoms with Crippen LogP contribution in [0.25, 0.3) is 22.0 Å². The molecule has 1 aromatic heterocycles. The molecule has 1 fully saturated rings. The highest BCUT2D eigenvalue weighted by Gasteiger charge is 2.22. The van der Waals surface area contributed by atoms with Crippen molar-refractivity contribution >= 4 is 28.5 Å². The van der Waals surface area contributed by atoms with E-state index in [1.807, 2.05) is 36.4 Å². The Morgan fingerprint density at radius 1 is 1.17 bits per heavy atom. The topological polar surface area (TPSA) is 74.7 Å². The van der Waals surface area contributed by atoms with Crippen molar-refractivity contribution in [1.82, 2.24) is 15.2 Å². The van der Waals surface area contributed by atoms with E-state index in [0.29, 0.717) is 22.8 Å². The van der Waals surface area contributed by atoms with E-state index in [1.54, 1.807) is 12.1 Å². The van der Waals surface area contributed by atoms with Crippen LogP contribution in [0, 0.1) is 0 Å². The van der Waals surface area contributed by atoms with Crippen molar-refractivity contribution in [1.29, 1.82) is 0 Å². The Morgan fingerprint density at radius 3 is 2.67 bits per heavy atom. The lowest BCUT2D eigenvalue weighted by Gasteiger charge is -2.26. The molecule has 0 atom stereocenters. The number of aromatic nitrogens is 1. The van der Waals surface area contributed by atoms with Crippen LogP contribution >= 0.6 is 11.6 Å². The molecule has 2 heterocycles. The quantitative estimate of drug-likeness (QED) is 0.562. The minimum absolute atomic E-state index is 0.217. The maximum atomic E-state index is 12.3. The summed E-state index contributed by atoms with van der Waals surface area (Å²) in [6, 6.07) is 14.9. The number of hydrogen-bond donors (Lipinski definition) is 2. The van der Waals surface area contributed by atoms with Crippen LogP contribution in [0.15, 0.2) is 48.5 Å². The molecule has 0 saturated carbocycles. The first-order chi connectivity index (χ1) is 14.6. The molecule has 7 heteroatoms. The Kier molecular flexibility index (Phi) is 6.59. The Hall–Kier alpha value is -2.51. The minimum atomic E-state index is -0.992. The summed E-state index contributed by atoms with van der Waals surface area (Å²) in [6.07, 6.45) is 0. The van der Waals surface area contributed by atoms with Gasteiger partial charge in [0, 0.05) is 48.7 Å². The fraction of sp³-hybridized carbons (Fsp3) is 0.304. The molecule has 30 heavy (non-hydrogen) atoms. The average Bonchev–Trinajstić information content (AvgIpc) is 2.77. The molecular weight excluding hydrogens is 402 g/mol. The number of benzene rings is 2. The monoisotopic (exact) mass is 425 g/mol. The number of fused-ring (bicyclic) bond motifs is 1. The molecule has 0 spiro atoms. The molecule has 0 bridgehead atoms. The van der Waals surface area contributed by atoms with Crippen LogP contribution < -0.4 is 5.32 Å². The first kappa shape index (κ1) is 20.8. The van der Waals surface area contributed by atoms with Gasteiger partial charge in [-0.3, -0.25) is 9.88 Å². The molecule has 0 unspecified atom stereocenters. The highest BCUT2D eigenvalue weighted by molar-refractivity contribution is 6.31. The summed E-state index contributed by atoms with van der Waals surface area (Å²) in [5.74, 6) is -0.992. The van der Waals surface area contributed by atoms with Gasteiger partial charge in [-0.1, -0.05) is 41.9 Å². The zero-order valence-electron chi connectivity index (χ0n) is 16.6. The van der Waals surface area contributed by atoms with Gasteiger partial charge in [0.05, 0.1) is 30.0 Å². The summed E-state index contributed by atoms with van der Waals surface area (Å²) in [5.41, 5.74) is 2.96. The molecule has 1 saturated heterocycles. The fourth-order valence-corrected chi connectivity index (χ4v) is 3.99. The lowest BCUT2D eigenvalue weighted by molar-refractivity contribution is 0.0384. The standard InChI is InChI=1S/C23H24ClN3O3/c24-17-6-7-19-18(14-17)21(16-4-2-1-3-5-16)22(23(28)29)20(26-19)15-25-8-9-27-10-12-30-13-11-27/h1-7,14,25H,8-13,15H2,(H,28,29). The summed E-state index contributed by atoms with van der Waals surface area (Å²) in [7, 11) is 0. The Bertz CT molecular complexity index is 1040. The van der Waals surface area contributed by atoms with Gasteiger partial charge in [-0.2, -0.15) is 0 Å². The summed E-state index contributed by atoms with van der Waals surface area (Å²) < 4.78 is 5.38. The first-order valence-electron chi connectivity index (χ1n) is 10.0. The molecule has 2 aromatic carbocycles. The molecule has 4 rings (SSSR count). The first-order valence-corrected chi connectivity index (χ1v) is 10.4. The van der Waals surface area contributed by atoms with Crippen LogP contribution in [0.3, 0.4) is 0 Å². The predicted molar refractivity (Wildman–Crippen MR) is 118 cm³/mol. The molecule has 1 aliphatic rings. The third-order valence-corrected chi connectivity index (χ3v) is 5.53. The molecule has 0 radical (unpaired) electrons. The number of halogens is 1. The van der Waals surface area contributed by atoms with Gasteiger partial charge in [0.2, 0.25) is 0 Å². The van der Waals surface area contributed by atoms with E-state index in [-0.39, 0.29) is 5.56 Å². The van der Waals surface area contributed by atoms with Gasteiger partial charge in [0.1, 0.15) is 0 Å². The third kappa shape index (κ3) is 4.63. The van der Waals surface area contributed by atoms with Crippen LogP contribution in [0.5, 0.6) is 0 Å². The van der Waals surface area contributed by atoms with E-state index >= 15 is 0 Å². The zero-order chi connectivity index (χ0) is 20.9. The minimum Gasteiger partial charge on any atom is -0.478 e. The van der Waals surface area contributed by atoms with Crippen molar-refractivity contribution in [3.8, 4) is 11.1 Å². The van der Waals surface area contributed by atoms with E-state index in [9.17, 15) is 9.90 Å². The Labute approximate surface area is 180 Å². The normalized spacial score (nSPS) is 14.8. The lowest BCUT2D eigenvalue weighted by atomic mass is 9.94. The number of ether oxygens (including phenoxy) is 1. The zero-order valence-corrected chi connectivity index (χ0v) is 17.4. The van der Waals surface area contributed by atoms with Crippen LogP contribution in [0.2, 0.25) is 5.02 Å². The highest BCUT2D eigenvalue weighted by Crippen LogP contribution is 2.34. The van der Waals surface area contributed by atoms with Crippen LogP contribution in [0.4, 0.5) is 0 Å². The van der Waals surface area contributed by atoms with Gasteiger partial charge in [0.25, 0.3) is 0 Å². The molecule has 0 aliphatic carbocycles. The predicted octanol–water partition coefficient (Wildman–Crippen LogP) is 3.68. The van der Waals surface area contributed by atoms with Crippen LogP contribution in [0.1, 0.15) is 16.1 Å². The largest absolute Gasteiger partial charge is 0.478 e. The second kappa shape index (κ2) is 9.53. The van der Waals surface area contributed by atoms with E-state index in [2.05, 4.69) is 15.2 Å². The smallest absolute Gasteiger partial charge is 0.338 e. The van der Waals surface area contributed by atoms with Gasteiger partial charge in [-0.05, 0) is 23.8 Å². The van der Waals surface area contributed by atoms with Crippen molar-refractivity contribution in [2.45, 2.75) is 6.54 Å². The third-order valence-electron chi connectivity index (χ3n) is 5.30. The molecule has 3 aromatic rings. The fourth-order valence-electron chi connectivity index (χ4n) is 3.82. The second-order valence-corrected chi connectivity index (χ2v) is 7.71. The maximum Gasteiger partial charge on any atom is 0.338 e. The van der Waals surface area contributed by atoms with Gasteiger partial charge in [-0.15, -0.1) is 0 Å². The summed E-state index contributed by atoms with van der Waals surface area (Å²) in [5, 5.41) is 14.7. The van der Waals surface area contributed by atoms with Crippen molar-refractivity contribution in [3.05, 3.63) is 64.8 Å². The van der Waals surface area contributed by atoms with Crippen molar-refractivity contribution < 1.29 is 14.6 Å². The van der Waals surface area contributed by atoms with Gasteiger partial charge >= 0.3 is 5.97 Å². The number of carboxylic acid groups (broad SMARTS) is 1. The van der Waals surface area contributed by atoms with Gasteiger partial charge in [0.15, 0.2) is 0 Å². The second-order valence-electron chi connectivity index (χ2n) is 7.27. The SMILES string of the molecule is O=C(O)c1c(CNCCN2CCOCC2)nc2ccc(Cl)cc2c1-c1ccccc1. The molecule has 2 N–H and O–H groups in total. The Morgan fingerprint density at radius 2 is 1.93 bits per heavy atom.